The Morgan fingerprint density at radius 1 is 1.38 bits per heavy atom. The summed E-state index contributed by atoms with van der Waals surface area (Å²) in [5.41, 5.74) is 17.6. The first kappa shape index (κ1) is 22.9. The van der Waals surface area contributed by atoms with Crippen LogP contribution in [0.25, 0.3) is 0 Å². The van der Waals surface area contributed by atoms with Crippen molar-refractivity contribution >= 4 is 11.8 Å². The number of aromatic hydroxyl groups is 1. The number of amides is 2. The predicted molar refractivity (Wildman–Crippen MR) is 106 cm³/mol. The van der Waals surface area contributed by atoms with E-state index in [1.807, 2.05) is 0 Å². The normalized spacial score (nSPS) is 20.4. The Morgan fingerprint density at radius 3 is 2.69 bits per heavy atom. The van der Waals surface area contributed by atoms with E-state index in [-0.39, 0.29) is 18.7 Å². The number of methoxy groups -OCH3 is 1. The van der Waals surface area contributed by atoms with Crippen LogP contribution in [0.15, 0.2) is 18.2 Å². The van der Waals surface area contributed by atoms with E-state index < -0.39 is 29.9 Å². The summed E-state index contributed by atoms with van der Waals surface area (Å²) in [5.74, 6) is -0.799. The molecule has 162 valence electrons. The summed E-state index contributed by atoms with van der Waals surface area (Å²) in [4.78, 5) is 26.1. The van der Waals surface area contributed by atoms with Gasteiger partial charge in [0.1, 0.15) is 0 Å². The standard InChI is InChI=1S/C19H31N5O5/c1-29-17-6-5-12(8-16(17)25)10-23-11-13(9-15(23)18(22)26)24(28)19(27)14(21)4-2-3-7-20/h5-6,8,13-15,25,28H,2-4,7,9-11,20-21H2,1H3,(H2,22,26)/t13-,14+,15+/m1/s1. The number of benzene rings is 1. The number of carbonyl (C=O) groups is 2. The molecule has 0 saturated carbocycles. The average Bonchev–Trinajstić information content (AvgIpc) is 3.11. The van der Waals surface area contributed by atoms with Gasteiger partial charge in [-0.3, -0.25) is 19.7 Å². The number of likely N-dealkylation sites (tertiary alicyclic amines) is 1. The molecule has 10 heteroatoms. The largest absolute Gasteiger partial charge is 0.504 e. The smallest absolute Gasteiger partial charge is 0.263 e. The van der Waals surface area contributed by atoms with Crippen LogP contribution in [-0.4, -0.2) is 70.4 Å². The van der Waals surface area contributed by atoms with E-state index in [1.165, 1.54) is 7.11 Å². The molecule has 1 aromatic rings. The Hall–Kier alpha value is -2.40. The first-order chi connectivity index (χ1) is 13.8. The van der Waals surface area contributed by atoms with Gasteiger partial charge in [0.05, 0.1) is 25.2 Å². The molecule has 1 heterocycles. The number of phenolic OH excluding ortho intramolecular Hbond substituents is 1. The third-order valence-electron chi connectivity index (χ3n) is 5.20. The van der Waals surface area contributed by atoms with Gasteiger partial charge in [-0.15, -0.1) is 0 Å². The van der Waals surface area contributed by atoms with Gasteiger partial charge in [0.25, 0.3) is 5.91 Å². The van der Waals surface area contributed by atoms with Gasteiger partial charge in [-0.25, -0.2) is 5.06 Å². The second kappa shape index (κ2) is 10.4. The number of primary amides is 1. The van der Waals surface area contributed by atoms with E-state index in [0.29, 0.717) is 36.7 Å². The van der Waals surface area contributed by atoms with Gasteiger partial charge in [0.15, 0.2) is 11.5 Å². The van der Waals surface area contributed by atoms with Gasteiger partial charge < -0.3 is 27.0 Å². The molecule has 0 unspecified atom stereocenters. The van der Waals surface area contributed by atoms with E-state index in [4.69, 9.17) is 21.9 Å². The summed E-state index contributed by atoms with van der Waals surface area (Å²) >= 11 is 0. The molecule has 2 amide bonds. The third kappa shape index (κ3) is 5.80. The fourth-order valence-corrected chi connectivity index (χ4v) is 3.58. The van der Waals surface area contributed by atoms with Gasteiger partial charge >= 0.3 is 0 Å². The quantitative estimate of drug-likeness (QED) is 0.196. The number of hydroxylamine groups is 2. The van der Waals surface area contributed by atoms with Crippen molar-refractivity contribution in [2.75, 3.05) is 20.2 Å². The molecule has 0 aromatic heterocycles. The molecular weight excluding hydrogens is 378 g/mol. The van der Waals surface area contributed by atoms with Crippen LogP contribution < -0.4 is 21.9 Å². The highest BCUT2D eigenvalue weighted by Gasteiger charge is 2.40. The first-order valence-corrected chi connectivity index (χ1v) is 9.65. The summed E-state index contributed by atoms with van der Waals surface area (Å²) in [7, 11) is 1.45. The molecule has 3 atom stereocenters. The van der Waals surface area contributed by atoms with E-state index in [2.05, 4.69) is 0 Å². The Balaban J connectivity index is 2.05. The van der Waals surface area contributed by atoms with E-state index >= 15 is 0 Å². The molecule has 8 N–H and O–H groups in total. The van der Waals surface area contributed by atoms with Crippen molar-refractivity contribution in [3.8, 4) is 11.5 Å². The molecule has 0 radical (unpaired) electrons. The van der Waals surface area contributed by atoms with Crippen LogP contribution in [-0.2, 0) is 16.1 Å². The summed E-state index contributed by atoms with van der Waals surface area (Å²) < 4.78 is 5.03. The lowest BCUT2D eigenvalue weighted by molar-refractivity contribution is -0.176. The van der Waals surface area contributed by atoms with Crippen molar-refractivity contribution in [2.45, 2.75) is 50.4 Å². The van der Waals surface area contributed by atoms with Gasteiger partial charge in [0.2, 0.25) is 5.91 Å². The Kier molecular flexibility index (Phi) is 8.21. The second-order valence-corrected chi connectivity index (χ2v) is 7.32. The molecule has 0 spiro atoms. The lowest BCUT2D eigenvalue weighted by atomic mass is 10.1. The van der Waals surface area contributed by atoms with E-state index in [0.717, 1.165) is 12.0 Å². The summed E-state index contributed by atoms with van der Waals surface area (Å²) in [5, 5.41) is 21.0. The van der Waals surface area contributed by atoms with Crippen molar-refractivity contribution < 1.29 is 24.6 Å². The molecule has 0 bridgehead atoms. The lowest BCUT2D eigenvalue weighted by Gasteiger charge is -2.25. The summed E-state index contributed by atoms with van der Waals surface area (Å²) in [6.07, 6.45) is 2.07. The number of nitrogens with zero attached hydrogens (tertiary/aromatic N) is 2. The third-order valence-corrected chi connectivity index (χ3v) is 5.20. The number of carbonyl (C=O) groups excluding carboxylic acids is 2. The molecule has 1 saturated heterocycles. The molecular formula is C19H31N5O5. The molecule has 1 aliphatic rings. The SMILES string of the molecule is COc1ccc(CN2C[C@H](N(O)C(=O)[C@@H](N)CCCCN)C[C@H]2C(N)=O)cc1O. The van der Waals surface area contributed by atoms with Crippen molar-refractivity contribution in [3.05, 3.63) is 23.8 Å². The zero-order valence-electron chi connectivity index (χ0n) is 16.7. The maximum Gasteiger partial charge on any atom is 0.263 e. The highest BCUT2D eigenvalue weighted by molar-refractivity contribution is 5.82. The summed E-state index contributed by atoms with van der Waals surface area (Å²) in [6, 6.07) is 2.84. The lowest BCUT2D eigenvalue weighted by Crippen LogP contribution is -2.47. The topological polar surface area (TPSA) is 168 Å². The molecule has 2 rings (SSSR count). The minimum atomic E-state index is -0.828. The number of nitrogens with two attached hydrogens (primary N) is 3. The molecule has 1 fully saturated rings. The van der Waals surface area contributed by atoms with Crippen LogP contribution in [0.4, 0.5) is 0 Å². The zero-order valence-corrected chi connectivity index (χ0v) is 16.7. The number of hydrogen-bond donors (Lipinski definition) is 5. The van der Waals surface area contributed by atoms with E-state index in [1.54, 1.807) is 23.1 Å². The number of rotatable bonds is 10. The monoisotopic (exact) mass is 409 g/mol. The maximum atomic E-state index is 12.4. The molecule has 29 heavy (non-hydrogen) atoms. The van der Waals surface area contributed by atoms with E-state index in [9.17, 15) is 19.9 Å². The Labute approximate surface area is 170 Å². The van der Waals surface area contributed by atoms with Crippen molar-refractivity contribution in [3.63, 3.8) is 0 Å². The number of phenols is 1. The minimum Gasteiger partial charge on any atom is -0.504 e. The van der Waals surface area contributed by atoms with Crippen LogP contribution >= 0.6 is 0 Å². The van der Waals surface area contributed by atoms with Crippen LogP contribution in [0.3, 0.4) is 0 Å². The fraction of sp³-hybridized carbons (Fsp3) is 0.579. The highest BCUT2D eigenvalue weighted by atomic mass is 16.5. The van der Waals surface area contributed by atoms with Crippen LogP contribution in [0.1, 0.15) is 31.2 Å². The van der Waals surface area contributed by atoms with Gasteiger partial charge in [-0.05, 0) is 43.5 Å². The summed E-state index contributed by atoms with van der Waals surface area (Å²) in [6.45, 7) is 1.08. The van der Waals surface area contributed by atoms with Crippen LogP contribution in [0, 0.1) is 0 Å². The fourth-order valence-electron chi connectivity index (χ4n) is 3.58. The molecule has 1 aromatic carbocycles. The van der Waals surface area contributed by atoms with Gasteiger partial charge in [-0.1, -0.05) is 12.5 Å². The zero-order chi connectivity index (χ0) is 21.6. The molecule has 1 aliphatic heterocycles. The van der Waals surface area contributed by atoms with Crippen molar-refractivity contribution in [1.29, 1.82) is 0 Å². The average molecular weight is 409 g/mol. The first-order valence-electron chi connectivity index (χ1n) is 9.65. The van der Waals surface area contributed by atoms with Gasteiger partial charge in [0, 0.05) is 13.1 Å². The predicted octanol–water partition coefficient (Wildman–Crippen LogP) is -0.497. The van der Waals surface area contributed by atoms with Crippen LogP contribution in [0.2, 0.25) is 0 Å². The molecule has 0 aliphatic carbocycles. The van der Waals surface area contributed by atoms with Crippen molar-refractivity contribution in [2.24, 2.45) is 17.2 Å². The minimum absolute atomic E-state index is 0.0150. The van der Waals surface area contributed by atoms with Gasteiger partial charge in [-0.2, -0.15) is 0 Å². The maximum absolute atomic E-state index is 12.4. The Morgan fingerprint density at radius 2 is 2.10 bits per heavy atom. The van der Waals surface area contributed by atoms with Crippen molar-refractivity contribution in [1.82, 2.24) is 9.96 Å². The number of hydrogen-bond acceptors (Lipinski definition) is 8. The number of unbranched alkanes of at least 4 members (excludes halogenated alkanes) is 1. The molecule has 10 nitrogen and oxygen atoms in total. The Bertz CT molecular complexity index is 716. The van der Waals surface area contributed by atoms with Crippen LogP contribution in [0.5, 0.6) is 11.5 Å². The highest BCUT2D eigenvalue weighted by Crippen LogP contribution is 2.29. The second-order valence-electron chi connectivity index (χ2n) is 7.32. The number of ether oxygens (including phenoxy) is 1.